The molecule has 8 heteroatoms. The number of ether oxygens (including phenoxy) is 2. The van der Waals surface area contributed by atoms with Gasteiger partial charge in [-0.05, 0) is 48.5 Å². The number of halogens is 1. The monoisotopic (exact) mass is 376 g/mol. The Morgan fingerprint density at radius 3 is 1.44 bits per heavy atom. The van der Waals surface area contributed by atoms with Crippen LogP contribution in [0.15, 0.2) is 58.8 Å². The molecule has 25 heavy (non-hydrogen) atoms. The lowest BCUT2D eigenvalue weighted by Crippen LogP contribution is -2.26. The highest BCUT2D eigenvalue weighted by atomic mass is 35.6. The Balaban J connectivity index is 2.04. The van der Waals surface area contributed by atoms with E-state index in [0.717, 1.165) is 22.6 Å². The maximum absolute atomic E-state index is 6.22. The lowest BCUT2D eigenvalue weighted by atomic mass is 10.00. The van der Waals surface area contributed by atoms with Crippen molar-refractivity contribution in [3.05, 3.63) is 59.7 Å². The molecule has 0 saturated heterocycles. The molecular weight excluding hydrogens is 360 g/mol. The third-order valence-corrected chi connectivity index (χ3v) is 4.80. The first-order valence-corrected chi connectivity index (χ1v) is 10.9. The summed E-state index contributed by atoms with van der Waals surface area (Å²) in [4.78, 5) is 0. The van der Waals surface area contributed by atoms with Crippen molar-refractivity contribution in [2.75, 3.05) is 14.2 Å². The molecule has 0 unspecified atom stereocenters. The second-order valence-electron chi connectivity index (χ2n) is 5.35. The van der Waals surface area contributed by atoms with Gasteiger partial charge in [0, 0.05) is 17.7 Å². The first kappa shape index (κ1) is 17.3. The lowest BCUT2D eigenvalue weighted by molar-refractivity contribution is 0.212. The van der Waals surface area contributed by atoms with Crippen LogP contribution < -0.4 is 9.47 Å². The van der Waals surface area contributed by atoms with Crippen LogP contribution in [0.4, 0.5) is 0 Å². The van der Waals surface area contributed by atoms with Crippen molar-refractivity contribution in [2.24, 2.45) is 10.3 Å². The van der Waals surface area contributed by atoms with Gasteiger partial charge >= 0.3 is 7.87 Å². The summed E-state index contributed by atoms with van der Waals surface area (Å²) in [5, 5.41) is 8.44. The molecule has 1 aliphatic heterocycles. The zero-order valence-electron chi connectivity index (χ0n) is 14.0. The van der Waals surface area contributed by atoms with Gasteiger partial charge in [-0.25, -0.2) is 0 Å². The zero-order chi connectivity index (χ0) is 17.9. The maximum atomic E-state index is 6.22. The van der Waals surface area contributed by atoms with Crippen LogP contribution in [0.5, 0.6) is 11.5 Å². The molecule has 1 heterocycles. The van der Waals surface area contributed by atoms with Crippen molar-refractivity contribution < 1.29 is 18.5 Å². The maximum Gasteiger partial charge on any atom is 0.608 e. The second kappa shape index (κ2) is 7.16. The van der Waals surface area contributed by atoms with E-state index in [1.165, 1.54) is 0 Å². The van der Waals surface area contributed by atoms with E-state index in [4.69, 9.17) is 29.6 Å². The second-order valence-corrected chi connectivity index (χ2v) is 9.45. The van der Waals surface area contributed by atoms with Crippen molar-refractivity contribution in [1.29, 1.82) is 0 Å². The SMILES string of the molecule is COc1ccc(C2=NO[Si](C)(Cl)ON=C2c2ccc(OC)cc2)cc1. The predicted octanol–water partition coefficient (Wildman–Crippen LogP) is 3.67. The van der Waals surface area contributed by atoms with Crippen LogP contribution in [0.1, 0.15) is 11.1 Å². The van der Waals surface area contributed by atoms with Crippen molar-refractivity contribution >= 4 is 30.4 Å². The summed E-state index contributed by atoms with van der Waals surface area (Å²) in [6.07, 6.45) is 0. The summed E-state index contributed by atoms with van der Waals surface area (Å²) in [7, 11) is 0.252. The quantitative estimate of drug-likeness (QED) is 0.603. The Hall–Kier alpha value is -2.51. The molecule has 0 fully saturated rings. The molecule has 0 N–H and O–H groups in total. The van der Waals surface area contributed by atoms with Gasteiger partial charge in [0.1, 0.15) is 22.9 Å². The number of oxime groups is 2. The van der Waals surface area contributed by atoms with Gasteiger partial charge in [0.05, 0.1) is 14.2 Å². The third-order valence-electron chi connectivity index (χ3n) is 3.55. The van der Waals surface area contributed by atoms with Crippen molar-refractivity contribution in [2.45, 2.75) is 6.55 Å². The van der Waals surface area contributed by atoms with E-state index in [9.17, 15) is 0 Å². The molecule has 6 nitrogen and oxygen atoms in total. The lowest BCUT2D eigenvalue weighted by Gasteiger charge is -2.10. The van der Waals surface area contributed by atoms with Crippen LogP contribution in [0.25, 0.3) is 0 Å². The highest BCUT2D eigenvalue weighted by Crippen LogP contribution is 2.23. The minimum Gasteiger partial charge on any atom is -0.497 e. The van der Waals surface area contributed by atoms with Crippen LogP contribution in [-0.2, 0) is 9.05 Å². The minimum absolute atomic E-state index is 0.532. The van der Waals surface area contributed by atoms with Gasteiger partial charge < -0.3 is 18.5 Å². The van der Waals surface area contributed by atoms with E-state index in [1.54, 1.807) is 20.8 Å². The fraction of sp³-hybridized carbons (Fsp3) is 0.176. The van der Waals surface area contributed by atoms with Gasteiger partial charge in [-0.1, -0.05) is 21.4 Å². The first-order chi connectivity index (χ1) is 12.0. The van der Waals surface area contributed by atoms with Gasteiger partial charge in [0.25, 0.3) is 0 Å². The summed E-state index contributed by atoms with van der Waals surface area (Å²) in [6, 6.07) is 14.9. The van der Waals surface area contributed by atoms with Crippen LogP contribution in [0.2, 0.25) is 6.55 Å². The molecule has 0 radical (unpaired) electrons. The Labute approximate surface area is 151 Å². The van der Waals surface area contributed by atoms with Crippen LogP contribution in [0.3, 0.4) is 0 Å². The summed E-state index contributed by atoms with van der Waals surface area (Å²) < 4.78 is 21.2. The Kier molecular flexibility index (Phi) is 4.96. The van der Waals surface area contributed by atoms with Gasteiger partial charge in [-0.3, -0.25) is 0 Å². The van der Waals surface area contributed by atoms with Gasteiger partial charge in [0.15, 0.2) is 0 Å². The molecule has 0 aromatic heterocycles. The zero-order valence-corrected chi connectivity index (χ0v) is 15.8. The van der Waals surface area contributed by atoms with Crippen LogP contribution in [0, 0.1) is 0 Å². The van der Waals surface area contributed by atoms with Gasteiger partial charge in [-0.2, -0.15) is 0 Å². The van der Waals surface area contributed by atoms with E-state index >= 15 is 0 Å². The number of methoxy groups -OCH3 is 2. The molecule has 0 spiro atoms. The van der Waals surface area contributed by atoms with Crippen molar-refractivity contribution in [3.8, 4) is 11.5 Å². The normalized spacial score (nSPS) is 15.8. The van der Waals surface area contributed by atoms with E-state index in [0.29, 0.717) is 11.4 Å². The Morgan fingerprint density at radius 1 is 0.760 bits per heavy atom. The molecule has 3 rings (SSSR count). The first-order valence-electron chi connectivity index (χ1n) is 7.53. The summed E-state index contributed by atoms with van der Waals surface area (Å²) >= 11 is 6.22. The Morgan fingerprint density at radius 2 is 1.12 bits per heavy atom. The summed E-state index contributed by atoms with van der Waals surface area (Å²) in [6.45, 7) is 1.66. The topological polar surface area (TPSA) is 61.6 Å². The predicted molar refractivity (Wildman–Crippen MR) is 98.7 cm³/mol. The van der Waals surface area contributed by atoms with Gasteiger partial charge in [0.2, 0.25) is 0 Å². The molecule has 0 atom stereocenters. The number of nitrogens with zero attached hydrogens (tertiary/aromatic N) is 2. The highest BCUT2D eigenvalue weighted by molar-refractivity contribution is 7.12. The van der Waals surface area contributed by atoms with E-state index in [1.807, 2.05) is 48.5 Å². The fourth-order valence-electron chi connectivity index (χ4n) is 2.23. The standard InChI is InChI=1S/C17H17ClN2O4Si/c1-21-14-8-4-12(5-9-14)16-17(20-24-25(3,18)23-19-16)13-6-10-15(22-2)11-7-13/h4-11H,1-3H3. The molecule has 0 saturated carbocycles. The Bertz CT molecular complexity index is 737. The van der Waals surface area contributed by atoms with Crippen molar-refractivity contribution in [1.82, 2.24) is 0 Å². The minimum atomic E-state index is -2.98. The molecule has 0 bridgehead atoms. The number of benzene rings is 2. The molecular formula is C17H17ClN2O4Si. The molecule has 0 amide bonds. The highest BCUT2D eigenvalue weighted by Gasteiger charge is 2.37. The van der Waals surface area contributed by atoms with Crippen molar-refractivity contribution in [3.63, 3.8) is 0 Å². The fourth-order valence-corrected chi connectivity index (χ4v) is 2.98. The third kappa shape index (κ3) is 3.94. The number of hydrogen-bond donors (Lipinski definition) is 0. The van der Waals surface area contributed by atoms with E-state index in [2.05, 4.69) is 10.3 Å². The number of hydrogen-bond acceptors (Lipinski definition) is 6. The van der Waals surface area contributed by atoms with Gasteiger partial charge in [-0.15, -0.1) is 0 Å². The van der Waals surface area contributed by atoms with Crippen LogP contribution >= 0.6 is 11.1 Å². The number of rotatable bonds is 4. The molecule has 0 aliphatic carbocycles. The van der Waals surface area contributed by atoms with E-state index in [-0.39, 0.29) is 0 Å². The smallest absolute Gasteiger partial charge is 0.497 e. The average molecular weight is 377 g/mol. The molecule has 1 aliphatic rings. The molecule has 130 valence electrons. The summed E-state index contributed by atoms with van der Waals surface area (Å²) in [5.74, 6) is 1.49. The average Bonchev–Trinajstić information content (AvgIpc) is 2.80. The molecule has 2 aromatic rings. The van der Waals surface area contributed by atoms with Crippen LogP contribution in [-0.4, -0.2) is 33.5 Å². The molecule has 2 aromatic carbocycles. The van der Waals surface area contributed by atoms with E-state index < -0.39 is 7.87 Å². The largest absolute Gasteiger partial charge is 0.608 e. The summed E-state index contributed by atoms with van der Waals surface area (Å²) in [5.41, 5.74) is 2.68.